The Balaban J connectivity index is 2.88. The second-order valence-electron chi connectivity index (χ2n) is 4.88. The standard InChI is InChI=1S/C11H22N2O2S/c1-9(2)7-13-11(8-12)6-4-5-10(11)16(3,14)15/h10,13H,1,4-8,12H2,2-3H3. The molecule has 5 heteroatoms. The van der Waals surface area contributed by atoms with Gasteiger partial charge in [-0.1, -0.05) is 18.6 Å². The van der Waals surface area contributed by atoms with Crippen LogP contribution in [0.5, 0.6) is 0 Å². The predicted molar refractivity (Wildman–Crippen MR) is 67.1 cm³/mol. The van der Waals surface area contributed by atoms with Gasteiger partial charge in [-0.3, -0.25) is 0 Å². The molecule has 0 aromatic rings. The van der Waals surface area contributed by atoms with Crippen molar-refractivity contribution in [3.8, 4) is 0 Å². The van der Waals surface area contributed by atoms with Gasteiger partial charge in [0.05, 0.1) is 5.25 Å². The molecule has 1 aliphatic carbocycles. The van der Waals surface area contributed by atoms with E-state index in [-0.39, 0.29) is 5.25 Å². The van der Waals surface area contributed by atoms with Crippen LogP contribution < -0.4 is 11.1 Å². The zero-order valence-corrected chi connectivity index (χ0v) is 10.9. The Kier molecular flexibility index (Phi) is 4.15. The summed E-state index contributed by atoms with van der Waals surface area (Å²) in [4.78, 5) is 0. The summed E-state index contributed by atoms with van der Waals surface area (Å²) < 4.78 is 23.5. The summed E-state index contributed by atoms with van der Waals surface area (Å²) >= 11 is 0. The molecule has 4 nitrogen and oxygen atoms in total. The normalized spacial score (nSPS) is 30.6. The second kappa shape index (κ2) is 4.85. The Labute approximate surface area is 98.2 Å². The van der Waals surface area contributed by atoms with Crippen LogP contribution in [-0.2, 0) is 9.84 Å². The Morgan fingerprint density at radius 2 is 2.25 bits per heavy atom. The molecular weight excluding hydrogens is 224 g/mol. The van der Waals surface area contributed by atoms with E-state index >= 15 is 0 Å². The molecule has 2 atom stereocenters. The van der Waals surface area contributed by atoms with E-state index in [0.29, 0.717) is 19.5 Å². The first kappa shape index (κ1) is 13.7. The van der Waals surface area contributed by atoms with Crippen molar-refractivity contribution in [2.24, 2.45) is 5.73 Å². The second-order valence-corrected chi connectivity index (χ2v) is 7.11. The lowest BCUT2D eigenvalue weighted by molar-refractivity contribution is 0.353. The minimum Gasteiger partial charge on any atom is -0.329 e. The highest BCUT2D eigenvalue weighted by Crippen LogP contribution is 2.34. The summed E-state index contributed by atoms with van der Waals surface area (Å²) in [6, 6.07) is 0. The van der Waals surface area contributed by atoms with Crippen molar-refractivity contribution in [2.45, 2.75) is 37.0 Å². The predicted octanol–water partition coefficient (Wildman–Crippen LogP) is 0.447. The lowest BCUT2D eigenvalue weighted by Crippen LogP contribution is -2.58. The number of hydrogen-bond acceptors (Lipinski definition) is 4. The molecule has 94 valence electrons. The highest BCUT2D eigenvalue weighted by atomic mass is 32.2. The van der Waals surface area contributed by atoms with Gasteiger partial charge < -0.3 is 11.1 Å². The molecule has 3 N–H and O–H groups in total. The van der Waals surface area contributed by atoms with Crippen LogP contribution in [0.4, 0.5) is 0 Å². The minimum atomic E-state index is -3.04. The summed E-state index contributed by atoms with van der Waals surface area (Å²) in [6.07, 6.45) is 3.75. The van der Waals surface area contributed by atoms with Crippen LogP contribution in [0.3, 0.4) is 0 Å². The van der Waals surface area contributed by atoms with Crippen molar-refractivity contribution in [2.75, 3.05) is 19.3 Å². The molecule has 0 heterocycles. The van der Waals surface area contributed by atoms with E-state index < -0.39 is 15.4 Å². The Morgan fingerprint density at radius 1 is 1.62 bits per heavy atom. The fourth-order valence-corrected chi connectivity index (χ4v) is 4.21. The summed E-state index contributed by atoms with van der Waals surface area (Å²) in [7, 11) is -3.04. The topological polar surface area (TPSA) is 72.2 Å². The highest BCUT2D eigenvalue weighted by Gasteiger charge is 2.46. The van der Waals surface area contributed by atoms with Crippen molar-refractivity contribution in [3.05, 3.63) is 12.2 Å². The summed E-state index contributed by atoms with van der Waals surface area (Å²) in [5.41, 5.74) is 6.33. The van der Waals surface area contributed by atoms with Crippen LogP contribution in [0.2, 0.25) is 0 Å². The molecular formula is C11H22N2O2S. The maximum atomic E-state index is 11.7. The quantitative estimate of drug-likeness (QED) is 0.691. The fraction of sp³-hybridized carbons (Fsp3) is 0.818. The van der Waals surface area contributed by atoms with Crippen LogP contribution in [0.1, 0.15) is 26.2 Å². The molecule has 0 amide bonds. The van der Waals surface area contributed by atoms with Gasteiger partial charge in [0.15, 0.2) is 9.84 Å². The van der Waals surface area contributed by atoms with Crippen LogP contribution in [0.25, 0.3) is 0 Å². The van der Waals surface area contributed by atoms with E-state index in [1.165, 1.54) is 6.26 Å². The highest BCUT2D eigenvalue weighted by molar-refractivity contribution is 7.91. The van der Waals surface area contributed by atoms with E-state index in [1.54, 1.807) is 0 Å². The van der Waals surface area contributed by atoms with Gasteiger partial charge in [0.2, 0.25) is 0 Å². The van der Waals surface area contributed by atoms with Crippen molar-refractivity contribution < 1.29 is 8.42 Å². The third kappa shape index (κ3) is 2.84. The average molecular weight is 246 g/mol. The third-order valence-corrected chi connectivity index (χ3v) is 5.05. The van der Waals surface area contributed by atoms with E-state index in [0.717, 1.165) is 18.4 Å². The van der Waals surface area contributed by atoms with Crippen molar-refractivity contribution in [3.63, 3.8) is 0 Å². The lowest BCUT2D eigenvalue weighted by atomic mass is 9.97. The van der Waals surface area contributed by atoms with Gasteiger partial charge >= 0.3 is 0 Å². The average Bonchev–Trinajstić information content (AvgIpc) is 2.58. The third-order valence-electron chi connectivity index (χ3n) is 3.33. The SMILES string of the molecule is C=C(C)CNC1(CN)CCCC1S(C)(=O)=O. The van der Waals surface area contributed by atoms with Crippen LogP contribution >= 0.6 is 0 Å². The number of sulfone groups is 1. The molecule has 0 saturated heterocycles. The molecule has 1 rings (SSSR count). The number of rotatable bonds is 5. The van der Waals surface area contributed by atoms with Gasteiger partial charge in [-0.25, -0.2) is 8.42 Å². The zero-order chi connectivity index (χ0) is 12.4. The van der Waals surface area contributed by atoms with Gasteiger partial charge in [0, 0.05) is 24.9 Å². The zero-order valence-electron chi connectivity index (χ0n) is 10.1. The summed E-state index contributed by atoms with van der Waals surface area (Å²) in [5.74, 6) is 0. The van der Waals surface area contributed by atoms with Crippen molar-refractivity contribution >= 4 is 9.84 Å². The first-order valence-corrected chi connectivity index (χ1v) is 7.55. The molecule has 0 bridgehead atoms. The molecule has 1 aliphatic rings. The van der Waals surface area contributed by atoms with Crippen LogP contribution in [0, 0.1) is 0 Å². The number of hydrogen-bond donors (Lipinski definition) is 2. The van der Waals surface area contributed by atoms with Gasteiger partial charge in [0.25, 0.3) is 0 Å². The Bertz CT molecular complexity index is 364. The summed E-state index contributed by atoms with van der Waals surface area (Å²) in [5, 5.41) is 2.94. The first-order valence-electron chi connectivity index (χ1n) is 5.60. The summed E-state index contributed by atoms with van der Waals surface area (Å²) in [6.45, 7) is 6.72. The molecule has 0 aliphatic heterocycles. The Morgan fingerprint density at radius 3 is 2.69 bits per heavy atom. The maximum absolute atomic E-state index is 11.7. The Hall–Kier alpha value is -0.390. The fourth-order valence-electron chi connectivity index (χ4n) is 2.50. The molecule has 0 aromatic heterocycles. The smallest absolute Gasteiger partial charge is 0.152 e. The molecule has 1 saturated carbocycles. The van der Waals surface area contributed by atoms with E-state index in [1.807, 2.05) is 6.92 Å². The van der Waals surface area contributed by atoms with Crippen LogP contribution in [-0.4, -0.2) is 38.6 Å². The minimum absolute atomic E-state index is 0.357. The molecule has 0 aromatic carbocycles. The molecule has 0 spiro atoms. The van der Waals surface area contributed by atoms with Gasteiger partial charge in [-0.2, -0.15) is 0 Å². The maximum Gasteiger partial charge on any atom is 0.152 e. The monoisotopic (exact) mass is 246 g/mol. The largest absolute Gasteiger partial charge is 0.329 e. The van der Waals surface area contributed by atoms with Crippen molar-refractivity contribution in [1.29, 1.82) is 0 Å². The first-order chi connectivity index (χ1) is 7.32. The lowest BCUT2D eigenvalue weighted by Gasteiger charge is -2.34. The molecule has 2 unspecified atom stereocenters. The molecule has 0 radical (unpaired) electrons. The van der Waals surface area contributed by atoms with E-state index in [9.17, 15) is 8.42 Å². The number of nitrogens with one attached hydrogen (secondary N) is 1. The molecule has 1 fully saturated rings. The van der Waals surface area contributed by atoms with Gasteiger partial charge in [0.1, 0.15) is 0 Å². The van der Waals surface area contributed by atoms with Crippen molar-refractivity contribution in [1.82, 2.24) is 5.32 Å². The van der Waals surface area contributed by atoms with Gasteiger partial charge in [-0.05, 0) is 19.8 Å². The van der Waals surface area contributed by atoms with E-state index in [2.05, 4.69) is 11.9 Å². The van der Waals surface area contributed by atoms with E-state index in [4.69, 9.17) is 5.73 Å². The number of nitrogens with two attached hydrogens (primary N) is 1. The van der Waals surface area contributed by atoms with Crippen LogP contribution in [0.15, 0.2) is 12.2 Å². The molecule has 16 heavy (non-hydrogen) atoms. The van der Waals surface area contributed by atoms with Gasteiger partial charge in [-0.15, -0.1) is 0 Å².